The van der Waals surface area contributed by atoms with Crippen molar-refractivity contribution in [1.29, 1.82) is 0 Å². The van der Waals surface area contributed by atoms with Gasteiger partial charge >= 0.3 is 0 Å². The van der Waals surface area contributed by atoms with Crippen LogP contribution in [0.5, 0.6) is 0 Å². The number of nitrogens with one attached hydrogen (secondary N) is 1. The highest BCUT2D eigenvalue weighted by atomic mass is 16.5. The molecule has 1 atom stereocenters. The first kappa shape index (κ1) is 19.8. The molecule has 2 aromatic rings. The zero-order chi connectivity index (χ0) is 19.6. The summed E-state index contributed by atoms with van der Waals surface area (Å²) in [7, 11) is 0. The molecule has 0 aromatic carbocycles. The van der Waals surface area contributed by atoms with Crippen LogP contribution in [0.4, 0.5) is 0 Å². The molecule has 0 spiro atoms. The van der Waals surface area contributed by atoms with Crippen LogP contribution in [0, 0.1) is 12.8 Å². The fourth-order valence-corrected chi connectivity index (χ4v) is 3.58. The largest absolute Gasteiger partial charge is 0.379 e. The smallest absolute Gasteiger partial charge is 0.259 e. The third kappa shape index (κ3) is 4.30. The van der Waals surface area contributed by atoms with Crippen molar-refractivity contribution in [2.45, 2.75) is 46.6 Å². The first-order valence-corrected chi connectivity index (χ1v) is 9.75. The van der Waals surface area contributed by atoms with E-state index in [1.807, 2.05) is 26.8 Å². The molecule has 1 aliphatic rings. The van der Waals surface area contributed by atoms with Crippen LogP contribution in [0.15, 0.2) is 10.6 Å². The van der Waals surface area contributed by atoms with Crippen molar-refractivity contribution in [2.75, 3.05) is 32.8 Å². The predicted octanol–water partition coefficient (Wildman–Crippen LogP) is 2.74. The van der Waals surface area contributed by atoms with E-state index in [9.17, 15) is 4.79 Å². The molecule has 0 bridgehead atoms. The summed E-state index contributed by atoms with van der Waals surface area (Å²) in [4.78, 5) is 19.9. The van der Waals surface area contributed by atoms with E-state index in [1.54, 1.807) is 0 Å². The molecule has 7 heteroatoms. The number of aryl methyl sites for hydroxylation is 1. The molecule has 148 valence electrons. The first-order chi connectivity index (χ1) is 12.9. The molecular weight excluding hydrogens is 344 g/mol. The van der Waals surface area contributed by atoms with E-state index >= 15 is 0 Å². The molecule has 1 amide bonds. The van der Waals surface area contributed by atoms with Crippen LogP contribution in [0.1, 0.15) is 55.4 Å². The molecule has 1 N–H and O–H groups in total. The number of nitrogens with zero attached hydrogens (tertiary/aromatic N) is 3. The van der Waals surface area contributed by atoms with Crippen molar-refractivity contribution >= 4 is 17.0 Å². The van der Waals surface area contributed by atoms with Crippen molar-refractivity contribution in [3.05, 3.63) is 23.0 Å². The lowest BCUT2D eigenvalue weighted by molar-refractivity contribution is 0.00673. The van der Waals surface area contributed by atoms with Gasteiger partial charge in [0, 0.05) is 31.4 Å². The van der Waals surface area contributed by atoms with Crippen molar-refractivity contribution in [3.8, 4) is 0 Å². The van der Waals surface area contributed by atoms with Gasteiger partial charge < -0.3 is 14.6 Å². The molecule has 1 unspecified atom stereocenters. The minimum Gasteiger partial charge on any atom is -0.379 e. The topological polar surface area (TPSA) is 80.5 Å². The molecule has 1 fully saturated rings. The molecule has 7 nitrogen and oxygen atoms in total. The Morgan fingerprint density at radius 1 is 1.26 bits per heavy atom. The van der Waals surface area contributed by atoms with Gasteiger partial charge in [-0.05, 0) is 24.8 Å². The maximum absolute atomic E-state index is 13.0. The molecular formula is C20H30N4O3. The SMILES string of the molecule is Cc1noc2nc(C(C)C)cc(C(=O)NCC(C(C)C)N3CCOCC3)c12. The molecule has 3 rings (SSSR count). The molecule has 1 aliphatic heterocycles. The highest BCUT2D eigenvalue weighted by molar-refractivity contribution is 6.06. The fraction of sp³-hybridized carbons (Fsp3) is 0.650. The monoisotopic (exact) mass is 374 g/mol. The number of fused-ring (bicyclic) bond motifs is 1. The van der Waals surface area contributed by atoms with Gasteiger partial charge in [0.2, 0.25) is 0 Å². The number of aromatic nitrogens is 2. The van der Waals surface area contributed by atoms with Gasteiger partial charge in [0.25, 0.3) is 11.6 Å². The second kappa shape index (κ2) is 8.35. The van der Waals surface area contributed by atoms with Crippen LogP contribution in [-0.2, 0) is 4.74 Å². The number of amides is 1. The molecule has 27 heavy (non-hydrogen) atoms. The third-order valence-electron chi connectivity index (χ3n) is 5.23. The van der Waals surface area contributed by atoms with Crippen molar-refractivity contribution < 1.29 is 14.1 Å². The van der Waals surface area contributed by atoms with Crippen molar-refractivity contribution in [2.24, 2.45) is 5.92 Å². The minimum absolute atomic E-state index is 0.102. The van der Waals surface area contributed by atoms with Gasteiger partial charge in [-0.1, -0.05) is 32.9 Å². The minimum atomic E-state index is -0.102. The normalized spacial score (nSPS) is 17.0. The Bertz CT molecular complexity index is 794. The lowest BCUT2D eigenvalue weighted by Gasteiger charge is -2.36. The molecule has 0 aliphatic carbocycles. The summed E-state index contributed by atoms with van der Waals surface area (Å²) in [6, 6.07) is 2.15. The summed E-state index contributed by atoms with van der Waals surface area (Å²) in [6.45, 7) is 14.2. The Labute approximate surface area is 160 Å². The number of carbonyl (C=O) groups is 1. The van der Waals surface area contributed by atoms with Crippen LogP contribution < -0.4 is 5.32 Å². The highest BCUT2D eigenvalue weighted by Crippen LogP contribution is 2.25. The van der Waals surface area contributed by atoms with Crippen LogP contribution in [0.3, 0.4) is 0 Å². The van der Waals surface area contributed by atoms with E-state index in [2.05, 4.69) is 34.2 Å². The second-order valence-corrected chi connectivity index (χ2v) is 7.87. The number of hydrogen-bond donors (Lipinski definition) is 1. The van der Waals surface area contributed by atoms with Crippen LogP contribution in [0.25, 0.3) is 11.1 Å². The van der Waals surface area contributed by atoms with Gasteiger partial charge in [0.05, 0.1) is 29.9 Å². The zero-order valence-electron chi connectivity index (χ0n) is 16.9. The molecule has 3 heterocycles. The Hall–Kier alpha value is -1.99. The molecule has 1 saturated heterocycles. The summed E-state index contributed by atoms with van der Waals surface area (Å²) in [5, 5.41) is 7.83. The number of rotatable bonds is 6. The fourth-order valence-electron chi connectivity index (χ4n) is 3.58. The number of morpholine rings is 1. The van der Waals surface area contributed by atoms with E-state index in [0.29, 0.717) is 34.8 Å². The van der Waals surface area contributed by atoms with E-state index in [0.717, 1.165) is 32.0 Å². The molecule has 0 radical (unpaired) electrons. The number of carbonyl (C=O) groups excluding carboxylic acids is 1. The summed E-state index contributed by atoms with van der Waals surface area (Å²) in [5.74, 6) is 0.530. The van der Waals surface area contributed by atoms with Gasteiger partial charge in [-0.25, -0.2) is 4.98 Å². The quantitative estimate of drug-likeness (QED) is 0.837. The van der Waals surface area contributed by atoms with Crippen LogP contribution in [0.2, 0.25) is 0 Å². The first-order valence-electron chi connectivity index (χ1n) is 9.75. The Morgan fingerprint density at radius 2 is 1.96 bits per heavy atom. The zero-order valence-corrected chi connectivity index (χ0v) is 16.9. The maximum Gasteiger partial charge on any atom is 0.259 e. The van der Waals surface area contributed by atoms with E-state index in [4.69, 9.17) is 9.26 Å². The molecule has 2 aromatic heterocycles. The average molecular weight is 374 g/mol. The summed E-state index contributed by atoms with van der Waals surface area (Å²) in [6.07, 6.45) is 0. The van der Waals surface area contributed by atoms with Gasteiger partial charge in [0.1, 0.15) is 0 Å². The number of hydrogen-bond acceptors (Lipinski definition) is 6. The summed E-state index contributed by atoms with van der Waals surface area (Å²) >= 11 is 0. The van der Waals surface area contributed by atoms with Gasteiger partial charge in [0.15, 0.2) is 0 Å². The van der Waals surface area contributed by atoms with Crippen LogP contribution in [-0.4, -0.2) is 59.8 Å². The van der Waals surface area contributed by atoms with Gasteiger partial charge in [-0.2, -0.15) is 0 Å². The predicted molar refractivity (Wildman–Crippen MR) is 104 cm³/mol. The highest BCUT2D eigenvalue weighted by Gasteiger charge is 2.25. The van der Waals surface area contributed by atoms with E-state index < -0.39 is 0 Å². The van der Waals surface area contributed by atoms with E-state index in [-0.39, 0.29) is 17.9 Å². The molecule has 0 saturated carbocycles. The van der Waals surface area contributed by atoms with Crippen molar-refractivity contribution in [1.82, 2.24) is 20.4 Å². The maximum atomic E-state index is 13.0. The van der Waals surface area contributed by atoms with Gasteiger partial charge in [-0.15, -0.1) is 0 Å². The van der Waals surface area contributed by atoms with Crippen molar-refractivity contribution in [3.63, 3.8) is 0 Å². The van der Waals surface area contributed by atoms with E-state index in [1.165, 1.54) is 0 Å². The lowest BCUT2D eigenvalue weighted by atomic mass is 10.0. The Kier molecular flexibility index (Phi) is 6.11. The second-order valence-electron chi connectivity index (χ2n) is 7.87. The number of pyridine rings is 1. The third-order valence-corrected chi connectivity index (χ3v) is 5.23. The number of ether oxygens (including phenoxy) is 1. The lowest BCUT2D eigenvalue weighted by Crippen LogP contribution is -2.51. The summed E-state index contributed by atoms with van der Waals surface area (Å²) in [5.41, 5.74) is 2.54. The van der Waals surface area contributed by atoms with Crippen LogP contribution >= 0.6 is 0 Å². The Morgan fingerprint density at radius 3 is 2.59 bits per heavy atom. The van der Waals surface area contributed by atoms with Gasteiger partial charge in [-0.3, -0.25) is 9.69 Å². The Balaban J connectivity index is 1.81. The standard InChI is InChI=1S/C20H30N4O3/c1-12(2)16-10-15(18-14(5)23-27-20(18)22-16)19(25)21-11-17(13(3)4)24-6-8-26-9-7-24/h10,12-13,17H,6-9,11H2,1-5H3,(H,21,25). The summed E-state index contributed by atoms with van der Waals surface area (Å²) < 4.78 is 10.8. The average Bonchev–Trinajstić information content (AvgIpc) is 3.02.